The van der Waals surface area contributed by atoms with Gasteiger partial charge in [-0.2, -0.15) is 0 Å². The monoisotopic (exact) mass is 296 g/mol. The van der Waals surface area contributed by atoms with Crippen molar-refractivity contribution in [1.82, 2.24) is 0 Å². The van der Waals surface area contributed by atoms with E-state index in [1.807, 2.05) is 11.3 Å². The van der Waals surface area contributed by atoms with Gasteiger partial charge in [-0.3, -0.25) is 0 Å². The fourth-order valence-electron chi connectivity index (χ4n) is 2.20. The van der Waals surface area contributed by atoms with Gasteiger partial charge >= 0.3 is 0 Å². The van der Waals surface area contributed by atoms with Crippen molar-refractivity contribution >= 4 is 42.8 Å². The summed E-state index contributed by atoms with van der Waals surface area (Å²) in [4.78, 5) is 1.39. The van der Waals surface area contributed by atoms with Crippen LogP contribution in [0.4, 0.5) is 0 Å². The lowest BCUT2D eigenvalue weighted by atomic mass is 10.2. The molecule has 0 unspecified atom stereocenters. The van der Waals surface area contributed by atoms with Crippen LogP contribution in [0.5, 0.6) is 0 Å². The number of thiophene rings is 2. The Balaban J connectivity index is 0.000000121. The van der Waals surface area contributed by atoms with E-state index in [2.05, 4.69) is 73.8 Å². The van der Waals surface area contributed by atoms with Gasteiger partial charge in [-0.25, -0.2) is 0 Å². The second kappa shape index (κ2) is 5.78. The van der Waals surface area contributed by atoms with Gasteiger partial charge in [0.1, 0.15) is 0 Å². The van der Waals surface area contributed by atoms with E-state index in [-0.39, 0.29) is 0 Å². The molecule has 0 bridgehead atoms. The van der Waals surface area contributed by atoms with Crippen molar-refractivity contribution in [3.8, 4) is 0 Å². The Hall–Kier alpha value is -1.64. The summed E-state index contributed by atoms with van der Waals surface area (Å²) in [5.41, 5.74) is 1.34. The zero-order valence-electron chi connectivity index (χ0n) is 11.6. The lowest BCUT2D eigenvalue weighted by Crippen LogP contribution is -1.67. The van der Waals surface area contributed by atoms with E-state index in [0.717, 1.165) is 0 Å². The van der Waals surface area contributed by atoms with Crippen LogP contribution in [0.3, 0.4) is 0 Å². The molecule has 0 nitrogen and oxygen atoms in total. The molecule has 4 aromatic rings. The van der Waals surface area contributed by atoms with Gasteiger partial charge in [0.05, 0.1) is 0 Å². The molecule has 0 atom stereocenters. The summed E-state index contributed by atoms with van der Waals surface area (Å²) in [6, 6.07) is 19.4. The van der Waals surface area contributed by atoms with Crippen LogP contribution >= 0.6 is 22.7 Å². The Morgan fingerprint density at radius 3 is 2.40 bits per heavy atom. The van der Waals surface area contributed by atoms with E-state index in [1.165, 1.54) is 30.6 Å². The van der Waals surface area contributed by atoms with Crippen molar-refractivity contribution in [2.75, 3.05) is 0 Å². The zero-order valence-corrected chi connectivity index (χ0v) is 13.2. The summed E-state index contributed by atoms with van der Waals surface area (Å²) in [7, 11) is 0. The van der Waals surface area contributed by atoms with Crippen LogP contribution in [0.25, 0.3) is 20.2 Å². The second-order valence-electron chi connectivity index (χ2n) is 4.86. The fraction of sp³-hybridized carbons (Fsp3) is 0.111. The van der Waals surface area contributed by atoms with Gasteiger partial charge in [0.25, 0.3) is 0 Å². The summed E-state index contributed by atoms with van der Waals surface area (Å²) < 4.78 is 2.77. The third-order valence-electron chi connectivity index (χ3n) is 3.16. The number of hydrogen-bond donors (Lipinski definition) is 0. The van der Waals surface area contributed by atoms with Gasteiger partial charge in [-0.15, -0.1) is 22.7 Å². The highest BCUT2D eigenvalue weighted by atomic mass is 32.1. The van der Waals surface area contributed by atoms with E-state index in [0.29, 0.717) is 0 Å². The number of benzene rings is 2. The molecule has 0 aliphatic carbocycles. The van der Waals surface area contributed by atoms with Gasteiger partial charge in [0.2, 0.25) is 0 Å². The van der Waals surface area contributed by atoms with E-state index in [4.69, 9.17) is 0 Å². The molecular weight excluding hydrogens is 280 g/mol. The molecule has 0 saturated heterocycles. The van der Waals surface area contributed by atoms with Crippen molar-refractivity contribution < 1.29 is 0 Å². The maximum atomic E-state index is 2.22. The lowest BCUT2D eigenvalue weighted by molar-refractivity contribution is 1.52. The molecule has 2 aromatic heterocycles. The molecule has 2 heterocycles. The van der Waals surface area contributed by atoms with Crippen LogP contribution in [0.1, 0.15) is 10.4 Å². The average molecular weight is 296 g/mol. The Morgan fingerprint density at radius 1 is 0.750 bits per heavy atom. The molecule has 4 rings (SSSR count). The maximum Gasteiger partial charge on any atom is 0.0345 e. The van der Waals surface area contributed by atoms with Gasteiger partial charge in [0.15, 0.2) is 0 Å². The van der Waals surface area contributed by atoms with Crippen LogP contribution in [0, 0.1) is 13.8 Å². The molecule has 0 aliphatic rings. The van der Waals surface area contributed by atoms with E-state index in [9.17, 15) is 0 Å². The number of rotatable bonds is 0. The number of aryl methyl sites for hydroxylation is 2. The predicted octanol–water partition coefficient (Wildman–Crippen LogP) is 6.42. The molecule has 0 fully saturated rings. The summed E-state index contributed by atoms with van der Waals surface area (Å²) in [6.45, 7) is 4.27. The van der Waals surface area contributed by atoms with Crippen LogP contribution in [0.2, 0.25) is 0 Å². The first-order valence-electron chi connectivity index (χ1n) is 6.61. The first-order chi connectivity index (χ1) is 9.72. The fourth-order valence-corrected chi connectivity index (χ4v) is 3.90. The minimum absolute atomic E-state index is 1.34. The molecule has 0 saturated carbocycles. The van der Waals surface area contributed by atoms with Crippen LogP contribution < -0.4 is 0 Å². The Kier molecular flexibility index (Phi) is 3.86. The maximum absolute atomic E-state index is 2.22. The van der Waals surface area contributed by atoms with E-state index in [1.54, 1.807) is 11.3 Å². The number of hydrogen-bond acceptors (Lipinski definition) is 2. The second-order valence-corrected chi connectivity index (χ2v) is 7.09. The molecular formula is C18H16S2. The van der Waals surface area contributed by atoms with E-state index >= 15 is 0 Å². The SMILES string of the molecule is Cc1cc2ccccc2s1.Cc1ccc2sccc2c1. The minimum atomic E-state index is 1.34. The highest BCUT2D eigenvalue weighted by molar-refractivity contribution is 7.19. The first-order valence-corrected chi connectivity index (χ1v) is 8.31. The third kappa shape index (κ3) is 2.92. The van der Waals surface area contributed by atoms with Crippen molar-refractivity contribution in [1.29, 1.82) is 0 Å². The first kappa shape index (κ1) is 13.3. The summed E-state index contributed by atoms with van der Waals surface area (Å²) in [6.07, 6.45) is 0. The van der Waals surface area contributed by atoms with Gasteiger partial charge in [0, 0.05) is 14.3 Å². The average Bonchev–Trinajstić information content (AvgIpc) is 3.03. The largest absolute Gasteiger partial charge is 0.144 e. The van der Waals surface area contributed by atoms with Crippen LogP contribution in [-0.2, 0) is 0 Å². The molecule has 2 aromatic carbocycles. The summed E-state index contributed by atoms with van der Waals surface area (Å²) in [5.74, 6) is 0. The van der Waals surface area contributed by atoms with Crippen molar-refractivity contribution in [2.24, 2.45) is 0 Å². The third-order valence-corrected chi connectivity index (χ3v) is 5.09. The highest BCUT2D eigenvalue weighted by Crippen LogP contribution is 2.23. The van der Waals surface area contributed by atoms with Crippen LogP contribution in [0.15, 0.2) is 60.0 Å². The Bertz CT molecular complexity index is 804. The van der Waals surface area contributed by atoms with Gasteiger partial charge in [-0.1, -0.05) is 35.9 Å². The molecule has 20 heavy (non-hydrogen) atoms. The van der Waals surface area contributed by atoms with Gasteiger partial charge in [-0.05, 0) is 54.3 Å². The van der Waals surface area contributed by atoms with Crippen molar-refractivity contribution in [3.63, 3.8) is 0 Å². The molecule has 0 spiro atoms. The predicted molar refractivity (Wildman–Crippen MR) is 93.1 cm³/mol. The summed E-state index contributed by atoms with van der Waals surface area (Å²) in [5, 5.41) is 4.86. The molecule has 0 radical (unpaired) electrons. The Labute approximate surface area is 127 Å². The Morgan fingerprint density at radius 2 is 1.55 bits per heavy atom. The quantitative estimate of drug-likeness (QED) is 0.351. The lowest BCUT2D eigenvalue weighted by Gasteiger charge is -1.89. The van der Waals surface area contributed by atoms with Gasteiger partial charge < -0.3 is 0 Å². The molecule has 100 valence electrons. The minimum Gasteiger partial charge on any atom is -0.144 e. The smallest absolute Gasteiger partial charge is 0.0345 e. The summed E-state index contributed by atoms with van der Waals surface area (Å²) >= 11 is 3.65. The zero-order chi connectivity index (χ0) is 13.9. The van der Waals surface area contributed by atoms with Crippen molar-refractivity contribution in [2.45, 2.75) is 13.8 Å². The molecule has 0 aliphatic heterocycles. The van der Waals surface area contributed by atoms with Crippen molar-refractivity contribution in [3.05, 3.63) is 70.4 Å². The van der Waals surface area contributed by atoms with E-state index < -0.39 is 0 Å². The molecule has 0 amide bonds. The highest BCUT2D eigenvalue weighted by Gasteiger charge is 1.94. The normalized spacial score (nSPS) is 10.5. The standard InChI is InChI=1S/2C9H8S/c1-7-2-3-9-8(6-7)4-5-10-9;1-7-6-8-4-2-3-5-9(8)10-7/h2*2-6H,1H3. The molecule has 0 N–H and O–H groups in total. The molecule has 2 heteroatoms. The topological polar surface area (TPSA) is 0 Å². The van der Waals surface area contributed by atoms with Crippen LogP contribution in [-0.4, -0.2) is 0 Å². The number of fused-ring (bicyclic) bond motifs is 2.